The summed E-state index contributed by atoms with van der Waals surface area (Å²) in [5.41, 5.74) is 2.02. The average molecular weight is 659 g/mol. The molecule has 3 aromatic rings. The predicted octanol–water partition coefficient (Wildman–Crippen LogP) is 7.32. The zero-order valence-corrected chi connectivity index (χ0v) is 27.1. The zero-order chi connectivity index (χ0) is 33.9. The highest BCUT2D eigenvalue weighted by Gasteiger charge is 2.12. The molecule has 0 N–H and O–H groups in total. The lowest BCUT2D eigenvalue weighted by Gasteiger charge is -2.09. The summed E-state index contributed by atoms with van der Waals surface area (Å²) in [4.78, 5) is 48.1. The summed E-state index contributed by atoms with van der Waals surface area (Å²) in [6.07, 6.45) is 8.31. The fourth-order valence-corrected chi connectivity index (χ4v) is 4.60. The van der Waals surface area contributed by atoms with Crippen LogP contribution in [0.15, 0.2) is 103 Å². The fraction of sp³-hybridized carbons (Fsp3) is 0.243. The Morgan fingerprint density at radius 1 is 0.681 bits per heavy atom. The number of hydrogen-bond acceptors (Lipinski definition) is 10. The minimum atomic E-state index is -0.512. The molecule has 0 radical (unpaired) electrons. The van der Waals surface area contributed by atoms with Crippen molar-refractivity contribution in [1.29, 1.82) is 0 Å². The van der Waals surface area contributed by atoms with Gasteiger partial charge in [0.25, 0.3) is 0 Å². The van der Waals surface area contributed by atoms with Gasteiger partial charge < -0.3 is 23.7 Å². The molecular weight excluding hydrogens is 620 g/mol. The Bertz CT molecular complexity index is 1540. The van der Waals surface area contributed by atoms with E-state index in [9.17, 15) is 19.2 Å². The third kappa shape index (κ3) is 13.8. The van der Waals surface area contributed by atoms with Gasteiger partial charge in [-0.3, -0.25) is 4.79 Å². The Morgan fingerprint density at radius 2 is 1.19 bits per heavy atom. The van der Waals surface area contributed by atoms with Gasteiger partial charge in [-0.2, -0.15) is 0 Å². The first-order chi connectivity index (χ1) is 22.8. The molecule has 0 aromatic heterocycles. The van der Waals surface area contributed by atoms with Crippen molar-refractivity contribution in [2.75, 3.05) is 26.4 Å². The van der Waals surface area contributed by atoms with Crippen LogP contribution in [0.5, 0.6) is 17.2 Å². The van der Waals surface area contributed by atoms with Gasteiger partial charge in [0.15, 0.2) is 0 Å². The molecule has 0 saturated heterocycles. The summed E-state index contributed by atoms with van der Waals surface area (Å²) in [6.45, 7) is 10.1. The SMILES string of the molecule is C=CC(=O)OCCCCOc1ccc(/C=C/C(=O)Sc2ccc(OC(=O)c3ccc(OCCCCOC(=O)C=C)cc3)cc2C)cc1. The number of ether oxygens (including phenoxy) is 5. The number of rotatable bonds is 19. The Morgan fingerprint density at radius 3 is 1.72 bits per heavy atom. The number of thioether (sulfide) groups is 1. The number of hydrogen-bond donors (Lipinski definition) is 0. The highest BCUT2D eigenvalue weighted by molar-refractivity contribution is 8.14. The Labute approximate surface area is 279 Å². The summed E-state index contributed by atoms with van der Waals surface area (Å²) >= 11 is 1.08. The number of carbonyl (C=O) groups is 4. The van der Waals surface area contributed by atoms with E-state index in [0.29, 0.717) is 68.5 Å². The maximum Gasteiger partial charge on any atom is 0.343 e. The first kappa shape index (κ1) is 36.4. The lowest BCUT2D eigenvalue weighted by atomic mass is 10.2. The molecule has 10 heteroatoms. The van der Waals surface area contributed by atoms with Crippen LogP contribution >= 0.6 is 11.8 Å². The van der Waals surface area contributed by atoms with Crippen LogP contribution in [0.3, 0.4) is 0 Å². The Kier molecular flexibility index (Phi) is 15.6. The van der Waals surface area contributed by atoms with Crippen molar-refractivity contribution in [3.05, 3.63) is 115 Å². The van der Waals surface area contributed by atoms with Crippen LogP contribution in [0.4, 0.5) is 0 Å². The standard InChI is InChI=1S/C37H38O9S/c1-4-34(38)44-24-8-6-22-42-30-15-10-28(11-16-30)12-21-36(40)47-33-20-19-32(26-27(33)3)46-37(41)29-13-17-31(18-14-29)43-23-7-9-25-45-35(39)5-2/h4-5,10-21,26H,1-2,6-9,22-25H2,3H3/b21-12+. The number of unbranched alkanes of at least 4 members (excludes halogenated alkanes) is 2. The maximum absolute atomic E-state index is 12.7. The highest BCUT2D eigenvalue weighted by Crippen LogP contribution is 2.28. The molecule has 0 heterocycles. The van der Waals surface area contributed by atoms with Crippen molar-refractivity contribution in [3.63, 3.8) is 0 Å². The molecule has 0 aliphatic carbocycles. The predicted molar refractivity (Wildman–Crippen MR) is 181 cm³/mol. The second-order valence-electron chi connectivity index (χ2n) is 10.0. The van der Waals surface area contributed by atoms with E-state index < -0.39 is 17.9 Å². The quantitative estimate of drug-likeness (QED) is 0.0427. The number of esters is 3. The molecule has 0 fully saturated rings. The molecule has 0 spiro atoms. The monoisotopic (exact) mass is 658 g/mol. The van der Waals surface area contributed by atoms with Gasteiger partial charge in [0, 0.05) is 17.0 Å². The summed E-state index contributed by atoms with van der Waals surface area (Å²) in [5, 5.41) is -0.145. The minimum Gasteiger partial charge on any atom is -0.494 e. The molecular formula is C37H38O9S. The van der Waals surface area contributed by atoms with Crippen LogP contribution in [0.1, 0.15) is 47.2 Å². The Balaban J connectivity index is 1.39. The van der Waals surface area contributed by atoms with E-state index in [2.05, 4.69) is 13.2 Å². The van der Waals surface area contributed by atoms with Crippen LogP contribution in [0, 0.1) is 6.92 Å². The molecule has 3 aromatic carbocycles. The summed E-state index contributed by atoms with van der Waals surface area (Å²) in [5.74, 6) is 0.307. The van der Waals surface area contributed by atoms with E-state index in [0.717, 1.165) is 46.4 Å². The zero-order valence-electron chi connectivity index (χ0n) is 26.3. The number of benzene rings is 3. The lowest BCUT2D eigenvalue weighted by molar-refractivity contribution is -0.138. The third-order valence-electron chi connectivity index (χ3n) is 6.39. The fourth-order valence-electron chi connectivity index (χ4n) is 3.89. The highest BCUT2D eigenvalue weighted by atomic mass is 32.2. The van der Waals surface area contributed by atoms with Gasteiger partial charge >= 0.3 is 17.9 Å². The van der Waals surface area contributed by atoms with Crippen LogP contribution in [-0.4, -0.2) is 49.5 Å². The van der Waals surface area contributed by atoms with Gasteiger partial charge in [0.1, 0.15) is 17.2 Å². The molecule has 0 amide bonds. The first-order valence-corrected chi connectivity index (χ1v) is 15.9. The van der Waals surface area contributed by atoms with Crippen molar-refractivity contribution in [2.24, 2.45) is 0 Å². The molecule has 0 atom stereocenters. The molecule has 3 rings (SSSR count). The molecule has 0 saturated carbocycles. The summed E-state index contributed by atoms with van der Waals surface area (Å²) in [6, 6.07) is 19.1. The average Bonchev–Trinajstić information content (AvgIpc) is 3.08. The number of carbonyl (C=O) groups excluding carboxylic acids is 4. The van der Waals surface area contributed by atoms with Crippen molar-refractivity contribution in [3.8, 4) is 17.2 Å². The Hall–Kier alpha value is -5.09. The van der Waals surface area contributed by atoms with Crippen LogP contribution in [0.25, 0.3) is 6.08 Å². The van der Waals surface area contributed by atoms with E-state index in [1.807, 2.05) is 31.2 Å². The van der Waals surface area contributed by atoms with Gasteiger partial charge in [0.2, 0.25) is 5.12 Å². The summed E-state index contributed by atoms with van der Waals surface area (Å²) in [7, 11) is 0. The van der Waals surface area contributed by atoms with E-state index in [4.69, 9.17) is 23.7 Å². The van der Waals surface area contributed by atoms with Gasteiger partial charge in [-0.25, -0.2) is 14.4 Å². The van der Waals surface area contributed by atoms with E-state index in [1.165, 1.54) is 6.08 Å². The maximum atomic E-state index is 12.7. The van der Waals surface area contributed by atoms with Crippen LogP contribution < -0.4 is 14.2 Å². The third-order valence-corrected chi connectivity index (χ3v) is 7.40. The molecule has 0 unspecified atom stereocenters. The van der Waals surface area contributed by atoms with E-state index >= 15 is 0 Å². The van der Waals surface area contributed by atoms with E-state index in [1.54, 1.807) is 48.5 Å². The number of aryl methyl sites for hydroxylation is 1. The molecule has 0 aliphatic heterocycles. The van der Waals surface area contributed by atoms with Gasteiger partial charge in [-0.1, -0.05) is 31.4 Å². The van der Waals surface area contributed by atoms with Crippen molar-refractivity contribution in [1.82, 2.24) is 0 Å². The first-order valence-electron chi connectivity index (χ1n) is 15.0. The molecule has 0 bridgehead atoms. The lowest BCUT2D eigenvalue weighted by Crippen LogP contribution is -2.09. The second kappa shape index (κ2) is 20.1. The van der Waals surface area contributed by atoms with Crippen molar-refractivity contribution < 1.29 is 42.9 Å². The second-order valence-corrected chi connectivity index (χ2v) is 11.1. The smallest absolute Gasteiger partial charge is 0.343 e. The van der Waals surface area contributed by atoms with Gasteiger partial charge in [-0.15, -0.1) is 0 Å². The van der Waals surface area contributed by atoms with Crippen molar-refractivity contribution >= 4 is 40.9 Å². The van der Waals surface area contributed by atoms with Crippen LogP contribution in [0.2, 0.25) is 0 Å². The van der Waals surface area contributed by atoms with Gasteiger partial charge in [-0.05, 0) is 116 Å². The molecule has 9 nitrogen and oxygen atoms in total. The molecule has 47 heavy (non-hydrogen) atoms. The van der Waals surface area contributed by atoms with Crippen LogP contribution in [-0.2, 0) is 23.9 Å². The topological polar surface area (TPSA) is 114 Å². The van der Waals surface area contributed by atoms with Crippen molar-refractivity contribution in [2.45, 2.75) is 37.5 Å². The molecule has 246 valence electrons. The minimum absolute atomic E-state index is 0.145. The van der Waals surface area contributed by atoms with E-state index in [-0.39, 0.29) is 5.12 Å². The summed E-state index contributed by atoms with van der Waals surface area (Å²) < 4.78 is 26.8. The largest absolute Gasteiger partial charge is 0.494 e. The molecule has 0 aliphatic rings. The van der Waals surface area contributed by atoms with Gasteiger partial charge in [0.05, 0.1) is 32.0 Å². The normalized spacial score (nSPS) is 10.6.